The Morgan fingerprint density at radius 3 is 2.44 bits per heavy atom. The molecule has 2 aromatic carbocycles. The first-order valence-electron chi connectivity index (χ1n) is 9.31. The van der Waals surface area contributed by atoms with Gasteiger partial charge in [-0.1, -0.05) is 18.2 Å². The van der Waals surface area contributed by atoms with Crippen molar-refractivity contribution in [2.24, 2.45) is 0 Å². The SMILES string of the molecule is COC(=O)c1ccc(N2CCCC2)c(NC(=O)Cc2ccc(C)c(C)c2)c1. The van der Waals surface area contributed by atoms with Crippen LogP contribution in [0.5, 0.6) is 0 Å². The molecule has 1 N–H and O–H groups in total. The van der Waals surface area contributed by atoms with Crippen molar-refractivity contribution in [3.8, 4) is 0 Å². The number of esters is 1. The van der Waals surface area contributed by atoms with Crippen LogP contribution >= 0.6 is 0 Å². The van der Waals surface area contributed by atoms with E-state index in [0.717, 1.165) is 37.2 Å². The normalized spacial score (nSPS) is 13.5. The molecule has 5 heteroatoms. The molecule has 1 heterocycles. The van der Waals surface area contributed by atoms with E-state index in [0.29, 0.717) is 17.7 Å². The summed E-state index contributed by atoms with van der Waals surface area (Å²) < 4.78 is 4.82. The maximum atomic E-state index is 12.7. The molecule has 0 unspecified atom stereocenters. The number of nitrogens with one attached hydrogen (secondary N) is 1. The molecular weight excluding hydrogens is 340 g/mol. The van der Waals surface area contributed by atoms with Gasteiger partial charge < -0.3 is 15.0 Å². The van der Waals surface area contributed by atoms with Crippen LogP contribution in [0.15, 0.2) is 36.4 Å². The highest BCUT2D eigenvalue weighted by molar-refractivity contribution is 5.98. The van der Waals surface area contributed by atoms with E-state index in [9.17, 15) is 9.59 Å². The number of ether oxygens (including phenoxy) is 1. The zero-order valence-corrected chi connectivity index (χ0v) is 16.2. The molecule has 0 bridgehead atoms. The zero-order chi connectivity index (χ0) is 19.4. The lowest BCUT2D eigenvalue weighted by Gasteiger charge is -2.22. The summed E-state index contributed by atoms with van der Waals surface area (Å²) in [6.07, 6.45) is 2.56. The van der Waals surface area contributed by atoms with E-state index < -0.39 is 5.97 Å². The fourth-order valence-electron chi connectivity index (χ4n) is 3.41. The highest BCUT2D eigenvalue weighted by Crippen LogP contribution is 2.30. The first kappa shape index (κ1) is 19.0. The Balaban J connectivity index is 1.82. The molecule has 0 spiro atoms. The third-order valence-corrected chi connectivity index (χ3v) is 5.07. The van der Waals surface area contributed by atoms with Gasteiger partial charge in [0.1, 0.15) is 0 Å². The second kappa shape index (κ2) is 8.25. The number of rotatable bonds is 5. The average molecular weight is 366 g/mol. The largest absolute Gasteiger partial charge is 0.465 e. The van der Waals surface area contributed by atoms with E-state index in [1.807, 2.05) is 31.2 Å². The van der Waals surface area contributed by atoms with Crippen LogP contribution < -0.4 is 10.2 Å². The van der Waals surface area contributed by atoms with E-state index in [1.165, 1.54) is 18.2 Å². The zero-order valence-electron chi connectivity index (χ0n) is 16.2. The molecule has 1 aliphatic heterocycles. The molecule has 0 atom stereocenters. The van der Waals surface area contributed by atoms with Crippen molar-refractivity contribution in [2.75, 3.05) is 30.4 Å². The minimum Gasteiger partial charge on any atom is -0.465 e. The highest BCUT2D eigenvalue weighted by atomic mass is 16.5. The molecule has 0 saturated carbocycles. The Bertz CT molecular complexity index is 855. The molecule has 142 valence electrons. The molecule has 5 nitrogen and oxygen atoms in total. The Labute approximate surface area is 160 Å². The van der Waals surface area contributed by atoms with Crippen molar-refractivity contribution < 1.29 is 14.3 Å². The molecule has 0 aromatic heterocycles. The summed E-state index contributed by atoms with van der Waals surface area (Å²) in [6, 6.07) is 11.4. The Hall–Kier alpha value is -2.82. The topological polar surface area (TPSA) is 58.6 Å². The summed E-state index contributed by atoms with van der Waals surface area (Å²) in [6.45, 7) is 6.01. The smallest absolute Gasteiger partial charge is 0.337 e. The van der Waals surface area contributed by atoms with Crippen molar-refractivity contribution >= 4 is 23.3 Å². The second-order valence-electron chi connectivity index (χ2n) is 7.06. The van der Waals surface area contributed by atoms with E-state index >= 15 is 0 Å². The fourth-order valence-corrected chi connectivity index (χ4v) is 3.41. The van der Waals surface area contributed by atoms with Gasteiger partial charge in [-0.2, -0.15) is 0 Å². The molecular formula is C22H26N2O3. The fraction of sp³-hybridized carbons (Fsp3) is 0.364. The van der Waals surface area contributed by atoms with E-state index in [1.54, 1.807) is 12.1 Å². The van der Waals surface area contributed by atoms with Gasteiger partial charge in [0.2, 0.25) is 5.91 Å². The summed E-state index contributed by atoms with van der Waals surface area (Å²) in [5.41, 5.74) is 5.40. The number of aryl methyl sites for hydroxylation is 2. The Morgan fingerprint density at radius 1 is 1.04 bits per heavy atom. The van der Waals surface area contributed by atoms with Gasteiger partial charge in [-0.25, -0.2) is 4.79 Å². The molecule has 1 saturated heterocycles. The molecule has 2 aromatic rings. The van der Waals surface area contributed by atoms with Gasteiger partial charge in [-0.05, 0) is 61.6 Å². The lowest BCUT2D eigenvalue weighted by molar-refractivity contribution is -0.115. The maximum absolute atomic E-state index is 12.7. The van der Waals surface area contributed by atoms with Crippen LogP contribution in [0, 0.1) is 13.8 Å². The van der Waals surface area contributed by atoms with Crippen LogP contribution in [0.3, 0.4) is 0 Å². The molecule has 1 fully saturated rings. The standard InChI is InChI=1S/C22H26N2O3/c1-15-6-7-17(12-16(15)2)13-21(25)23-19-14-18(22(26)27-3)8-9-20(19)24-10-4-5-11-24/h6-9,12,14H,4-5,10-11,13H2,1-3H3,(H,23,25). The number of amides is 1. The number of benzene rings is 2. The monoisotopic (exact) mass is 366 g/mol. The number of hydrogen-bond donors (Lipinski definition) is 1. The molecule has 1 aliphatic rings. The van der Waals surface area contributed by atoms with E-state index in [2.05, 4.69) is 17.1 Å². The van der Waals surface area contributed by atoms with E-state index in [4.69, 9.17) is 4.74 Å². The second-order valence-corrected chi connectivity index (χ2v) is 7.06. The van der Waals surface area contributed by atoms with Crippen LogP contribution in [0.25, 0.3) is 0 Å². The Kier molecular flexibility index (Phi) is 5.79. The summed E-state index contributed by atoms with van der Waals surface area (Å²) in [4.78, 5) is 26.8. The number of anilines is 2. The predicted octanol–water partition coefficient (Wildman–Crippen LogP) is 3.87. The van der Waals surface area contributed by atoms with Gasteiger partial charge in [-0.15, -0.1) is 0 Å². The summed E-state index contributed by atoms with van der Waals surface area (Å²) in [7, 11) is 1.36. The van der Waals surface area contributed by atoms with Crippen molar-refractivity contribution in [1.82, 2.24) is 0 Å². The van der Waals surface area contributed by atoms with Crippen LogP contribution in [-0.4, -0.2) is 32.1 Å². The third-order valence-electron chi connectivity index (χ3n) is 5.07. The van der Waals surface area contributed by atoms with Crippen LogP contribution in [0.1, 0.15) is 39.9 Å². The van der Waals surface area contributed by atoms with Crippen molar-refractivity contribution in [2.45, 2.75) is 33.1 Å². The van der Waals surface area contributed by atoms with Crippen molar-refractivity contribution in [3.05, 3.63) is 58.7 Å². The molecule has 1 amide bonds. The van der Waals surface area contributed by atoms with Gasteiger partial charge in [0.05, 0.1) is 30.5 Å². The van der Waals surface area contributed by atoms with Crippen LogP contribution in [-0.2, 0) is 16.0 Å². The first-order chi connectivity index (χ1) is 13.0. The average Bonchev–Trinajstić information content (AvgIpc) is 3.18. The number of carbonyl (C=O) groups is 2. The number of nitrogens with zero attached hydrogens (tertiary/aromatic N) is 1. The molecule has 27 heavy (non-hydrogen) atoms. The molecule has 0 radical (unpaired) electrons. The van der Waals surface area contributed by atoms with Gasteiger partial charge in [-0.3, -0.25) is 4.79 Å². The molecule has 3 rings (SSSR count). The van der Waals surface area contributed by atoms with Gasteiger partial charge in [0.25, 0.3) is 0 Å². The number of methoxy groups -OCH3 is 1. The first-order valence-corrected chi connectivity index (χ1v) is 9.31. The summed E-state index contributed by atoms with van der Waals surface area (Å²) in [5.74, 6) is -0.506. The van der Waals surface area contributed by atoms with Gasteiger partial charge in [0.15, 0.2) is 0 Å². The minimum atomic E-state index is -0.410. The molecule has 0 aliphatic carbocycles. The predicted molar refractivity (Wildman–Crippen MR) is 107 cm³/mol. The summed E-state index contributed by atoms with van der Waals surface area (Å²) in [5, 5.41) is 3.00. The third kappa shape index (κ3) is 4.48. The minimum absolute atomic E-state index is 0.0966. The van der Waals surface area contributed by atoms with Gasteiger partial charge >= 0.3 is 5.97 Å². The highest BCUT2D eigenvalue weighted by Gasteiger charge is 2.19. The van der Waals surface area contributed by atoms with Crippen LogP contribution in [0.4, 0.5) is 11.4 Å². The lowest BCUT2D eigenvalue weighted by Crippen LogP contribution is -2.22. The Morgan fingerprint density at radius 2 is 1.78 bits per heavy atom. The van der Waals surface area contributed by atoms with Crippen LogP contribution in [0.2, 0.25) is 0 Å². The van der Waals surface area contributed by atoms with Gasteiger partial charge in [0, 0.05) is 13.1 Å². The maximum Gasteiger partial charge on any atom is 0.337 e. The van der Waals surface area contributed by atoms with E-state index in [-0.39, 0.29) is 5.91 Å². The summed E-state index contributed by atoms with van der Waals surface area (Å²) >= 11 is 0. The number of carbonyl (C=O) groups excluding carboxylic acids is 2. The quantitative estimate of drug-likeness (QED) is 0.816. The van der Waals surface area contributed by atoms with Crippen molar-refractivity contribution in [3.63, 3.8) is 0 Å². The lowest BCUT2D eigenvalue weighted by atomic mass is 10.0. The van der Waals surface area contributed by atoms with Crippen molar-refractivity contribution in [1.29, 1.82) is 0 Å². The number of hydrogen-bond acceptors (Lipinski definition) is 4.